The molecule has 0 bridgehead atoms. The van der Waals surface area contributed by atoms with Crippen molar-refractivity contribution in [1.82, 2.24) is 20.2 Å². The predicted octanol–water partition coefficient (Wildman–Crippen LogP) is 3.24. The van der Waals surface area contributed by atoms with Gasteiger partial charge in [-0.15, -0.1) is 0 Å². The molecule has 0 saturated heterocycles. The van der Waals surface area contributed by atoms with E-state index < -0.39 is 11.9 Å². The highest BCUT2D eigenvalue weighted by Crippen LogP contribution is 2.39. The van der Waals surface area contributed by atoms with E-state index >= 15 is 0 Å². The molecule has 0 radical (unpaired) electrons. The first-order valence-corrected chi connectivity index (χ1v) is 8.60. The summed E-state index contributed by atoms with van der Waals surface area (Å²) in [5.41, 5.74) is 1.67. The summed E-state index contributed by atoms with van der Waals surface area (Å²) in [6.07, 6.45) is 3.29. The average Bonchev–Trinajstić information content (AvgIpc) is 3.42. The van der Waals surface area contributed by atoms with Crippen LogP contribution in [0, 0.1) is 11.6 Å². The van der Waals surface area contributed by atoms with Gasteiger partial charge in [-0.1, -0.05) is 12.1 Å². The second kappa shape index (κ2) is 7.28. The zero-order valence-corrected chi connectivity index (χ0v) is 14.3. The van der Waals surface area contributed by atoms with Gasteiger partial charge in [-0.2, -0.15) is 10.1 Å². The number of halogens is 2. The Morgan fingerprint density at radius 3 is 2.70 bits per heavy atom. The third kappa shape index (κ3) is 4.03. The molecule has 1 fully saturated rings. The fourth-order valence-corrected chi connectivity index (χ4v) is 2.74. The molecule has 2 aromatic heterocycles. The lowest BCUT2D eigenvalue weighted by Crippen LogP contribution is -2.17. The number of benzene rings is 1. The van der Waals surface area contributed by atoms with Crippen LogP contribution in [0.1, 0.15) is 36.1 Å². The number of aromatic nitrogens is 4. The third-order valence-corrected chi connectivity index (χ3v) is 4.36. The third-order valence-electron chi connectivity index (χ3n) is 4.36. The van der Waals surface area contributed by atoms with Crippen molar-refractivity contribution in [2.75, 3.05) is 17.2 Å². The first kappa shape index (κ1) is 17.3. The molecule has 1 aliphatic carbocycles. The van der Waals surface area contributed by atoms with E-state index in [9.17, 15) is 13.9 Å². The molecule has 9 heteroatoms. The van der Waals surface area contributed by atoms with Crippen molar-refractivity contribution in [3.05, 3.63) is 59.4 Å². The molecule has 7 nitrogen and oxygen atoms in total. The fraction of sp³-hybridized carbons (Fsp3) is 0.278. The molecule has 0 unspecified atom stereocenters. The second-order valence-corrected chi connectivity index (χ2v) is 6.43. The number of nitrogens with zero attached hydrogens (tertiary/aromatic N) is 3. The van der Waals surface area contributed by atoms with Gasteiger partial charge in [0.15, 0.2) is 17.5 Å². The maximum Gasteiger partial charge on any atom is 0.225 e. The van der Waals surface area contributed by atoms with E-state index in [1.165, 1.54) is 12.1 Å². The molecule has 27 heavy (non-hydrogen) atoms. The largest absolute Gasteiger partial charge is 0.394 e. The molecule has 3 aromatic rings. The van der Waals surface area contributed by atoms with Crippen molar-refractivity contribution in [3.8, 4) is 0 Å². The molecule has 4 rings (SSSR count). The second-order valence-electron chi connectivity index (χ2n) is 6.43. The molecule has 0 aliphatic heterocycles. The first-order chi connectivity index (χ1) is 13.1. The van der Waals surface area contributed by atoms with Crippen LogP contribution in [0.2, 0.25) is 0 Å². The normalized spacial score (nSPS) is 14.8. The number of aromatic amines is 1. The van der Waals surface area contributed by atoms with E-state index in [1.54, 1.807) is 12.1 Å². The van der Waals surface area contributed by atoms with Crippen LogP contribution in [0.15, 0.2) is 36.5 Å². The molecule has 1 saturated carbocycles. The summed E-state index contributed by atoms with van der Waals surface area (Å²) in [6.45, 7) is -0.265. The first-order valence-electron chi connectivity index (χ1n) is 8.60. The molecule has 4 N–H and O–H groups in total. The fourth-order valence-electron chi connectivity index (χ4n) is 2.74. The summed E-state index contributed by atoms with van der Waals surface area (Å²) in [5, 5.41) is 22.4. The Balaban J connectivity index is 1.51. The molecule has 2 heterocycles. The highest BCUT2D eigenvalue weighted by Gasteiger charge is 2.25. The Bertz CT molecular complexity index is 926. The molecule has 0 amide bonds. The summed E-state index contributed by atoms with van der Waals surface area (Å²) in [4.78, 5) is 8.02. The van der Waals surface area contributed by atoms with Crippen molar-refractivity contribution in [1.29, 1.82) is 0 Å². The van der Waals surface area contributed by atoms with Crippen LogP contribution >= 0.6 is 0 Å². The van der Waals surface area contributed by atoms with Crippen LogP contribution in [0.5, 0.6) is 0 Å². The molecule has 0 spiro atoms. The van der Waals surface area contributed by atoms with E-state index in [0.29, 0.717) is 17.3 Å². The van der Waals surface area contributed by atoms with Crippen LogP contribution in [0.4, 0.5) is 26.4 Å². The van der Waals surface area contributed by atoms with E-state index in [1.807, 2.05) is 6.07 Å². The number of H-pyrrole nitrogens is 1. The number of hydrogen-bond donors (Lipinski definition) is 4. The van der Waals surface area contributed by atoms with Crippen molar-refractivity contribution in [2.24, 2.45) is 0 Å². The van der Waals surface area contributed by atoms with Crippen LogP contribution in [0.25, 0.3) is 0 Å². The van der Waals surface area contributed by atoms with E-state index in [4.69, 9.17) is 0 Å². The molecular formula is C18H18F2N6O. The van der Waals surface area contributed by atoms with Crippen molar-refractivity contribution < 1.29 is 13.9 Å². The van der Waals surface area contributed by atoms with Crippen molar-refractivity contribution in [3.63, 3.8) is 0 Å². The topological polar surface area (TPSA) is 98.8 Å². The van der Waals surface area contributed by atoms with Gasteiger partial charge in [0.05, 0.1) is 18.8 Å². The standard InChI is InChI=1S/C18H18F2N6O/c19-12-5-3-11(4-6-12)15(9-27)22-18-21-8-13(20)17(24-18)23-16-7-14(25-26-16)10-1-2-10/h3-8,10,15,27H,1-2,9H2,(H3,21,22,23,24,25,26)/t15-/m1/s1. The predicted molar refractivity (Wildman–Crippen MR) is 95.7 cm³/mol. The van der Waals surface area contributed by atoms with Gasteiger partial charge < -0.3 is 15.7 Å². The average molecular weight is 372 g/mol. The highest BCUT2D eigenvalue weighted by molar-refractivity contribution is 5.54. The number of nitrogens with one attached hydrogen (secondary N) is 3. The van der Waals surface area contributed by atoms with Crippen LogP contribution in [-0.4, -0.2) is 31.9 Å². The van der Waals surface area contributed by atoms with Gasteiger partial charge in [-0.05, 0) is 30.5 Å². The lowest BCUT2D eigenvalue weighted by molar-refractivity contribution is 0.276. The zero-order valence-electron chi connectivity index (χ0n) is 14.3. The minimum atomic E-state index is -0.626. The molecule has 1 atom stereocenters. The number of rotatable bonds is 7. The Morgan fingerprint density at radius 1 is 1.22 bits per heavy atom. The van der Waals surface area contributed by atoms with Gasteiger partial charge in [0, 0.05) is 17.7 Å². The summed E-state index contributed by atoms with van der Waals surface area (Å²) in [7, 11) is 0. The van der Waals surface area contributed by atoms with Gasteiger partial charge in [0.25, 0.3) is 0 Å². The van der Waals surface area contributed by atoms with Gasteiger partial charge in [0.1, 0.15) is 5.82 Å². The van der Waals surface area contributed by atoms with Gasteiger partial charge in [-0.3, -0.25) is 5.10 Å². The monoisotopic (exact) mass is 372 g/mol. The quantitative estimate of drug-likeness (QED) is 0.508. The smallest absolute Gasteiger partial charge is 0.225 e. The van der Waals surface area contributed by atoms with Crippen LogP contribution < -0.4 is 10.6 Å². The Kier molecular flexibility index (Phi) is 4.68. The molecule has 1 aliphatic rings. The number of hydrogen-bond acceptors (Lipinski definition) is 6. The van der Waals surface area contributed by atoms with Crippen LogP contribution in [0.3, 0.4) is 0 Å². The number of aliphatic hydroxyl groups is 1. The summed E-state index contributed by atoms with van der Waals surface area (Å²) < 4.78 is 27.2. The molecule has 1 aromatic carbocycles. The van der Waals surface area contributed by atoms with Crippen molar-refractivity contribution in [2.45, 2.75) is 24.8 Å². The number of anilines is 3. The minimum absolute atomic E-state index is 0.0304. The summed E-state index contributed by atoms with van der Waals surface area (Å²) in [5.74, 6) is 0.0694. The van der Waals surface area contributed by atoms with Gasteiger partial charge in [-0.25, -0.2) is 13.8 Å². The number of aliphatic hydroxyl groups excluding tert-OH is 1. The van der Waals surface area contributed by atoms with E-state index in [0.717, 1.165) is 24.7 Å². The molecule has 140 valence electrons. The van der Waals surface area contributed by atoms with E-state index in [-0.39, 0.29) is 24.2 Å². The van der Waals surface area contributed by atoms with Gasteiger partial charge >= 0.3 is 0 Å². The summed E-state index contributed by atoms with van der Waals surface area (Å²) in [6, 6.07) is 6.97. The van der Waals surface area contributed by atoms with E-state index in [2.05, 4.69) is 30.8 Å². The maximum atomic E-state index is 14.1. The SMILES string of the molecule is OC[C@@H](Nc1ncc(F)c(Nc2cc(C3CC3)[nH]n2)n1)c1ccc(F)cc1. The van der Waals surface area contributed by atoms with Crippen molar-refractivity contribution >= 4 is 17.6 Å². The minimum Gasteiger partial charge on any atom is -0.394 e. The molecular weight excluding hydrogens is 354 g/mol. The highest BCUT2D eigenvalue weighted by atomic mass is 19.1. The lowest BCUT2D eigenvalue weighted by atomic mass is 10.1. The lowest BCUT2D eigenvalue weighted by Gasteiger charge is -2.17. The summed E-state index contributed by atoms with van der Waals surface area (Å²) >= 11 is 0. The Hall–Kier alpha value is -3.07. The Labute approximate surface area is 153 Å². The van der Waals surface area contributed by atoms with Crippen LogP contribution in [-0.2, 0) is 0 Å². The Morgan fingerprint density at radius 2 is 2.00 bits per heavy atom. The van der Waals surface area contributed by atoms with Gasteiger partial charge in [0.2, 0.25) is 5.95 Å². The zero-order chi connectivity index (χ0) is 18.8. The maximum absolute atomic E-state index is 14.1.